The van der Waals surface area contributed by atoms with Gasteiger partial charge in [-0.1, -0.05) is 0 Å². The van der Waals surface area contributed by atoms with Gasteiger partial charge in [0.2, 0.25) is 11.8 Å². The number of likely N-dealkylation sites (N-methyl/N-ethyl adjacent to an activating group) is 1. The van der Waals surface area contributed by atoms with Crippen LogP contribution in [0.15, 0.2) is 12.1 Å². The van der Waals surface area contributed by atoms with Crippen molar-refractivity contribution < 1.29 is 19.1 Å². The van der Waals surface area contributed by atoms with Crippen molar-refractivity contribution in [3.63, 3.8) is 0 Å². The Hall–Kier alpha value is -1.93. The number of carbonyl (C=O) groups excluding carboxylic acids is 3. The standard InChI is InChI=1S/C18H25N3O4S/c1-19(2)16(22)10-21-13-5-4-12(17(21)23)8-20(9-13)18(24)15-7-6-14(26-15)11-25-3/h6-7,12-13H,4-5,8-11H2,1-3H3/t12-,13+/m1/s1. The van der Waals surface area contributed by atoms with Crippen LogP contribution in [0.25, 0.3) is 0 Å². The zero-order valence-electron chi connectivity index (χ0n) is 15.4. The summed E-state index contributed by atoms with van der Waals surface area (Å²) in [5.41, 5.74) is 0. The summed E-state index contributed by atoms with van der Waals surface area (Å²) in [6.45, 7) is 1.49. The van der Waals surface area contributed by atoms with Crippen molar-refractivity contribution in [2.45, 2.75) is 25.5 Å². The summed E-state index contributed by atoms with van der Waals surface area (Å²) in [6, 6.07) is 3.64. The third kappa shape index (κ3) is 3.76. The van der Waals surface area contributed by atoms with Crippen LogP contribution >= 0.6 is 11.3 Å². The van der Waals surface area contributed by atoms with Gasteiger partial charge in [0.25, 0.3) is 5.91 Å². The molecule has 142 valence electrons. The van der Waals surface area contributed by atoms with Crippen molar-refractivity contribution >= 4 is 29.1 Å². The second kappa shape index (κ2) is 7.75. The van der Waals surface area contributed by atoms with Crippen molar-refractivity contribution in [1.82, 2.24) is 14.7 Å². The van der Waals surface area contributed by atoms with E-state index in [0.29, 0.717) is 24.6 Å². The van der Waals surface area contributed by atoms with Gasteiger partial charge in [-0.15, -0.1) is 11.3 Å². The summed E-state index contributed by atoms with van der Waals surface area (Å²) in [5, 5.41) is 0. The van der Waals surface area contributed by atoms with Crippen LogP contribution in [0.4, 0.5) is 0 Å². The van der Waals surface area contributed by atoms with Crippen molar-refractivity contribution in [2.75, 3.05) is 40.8 Å². The van der Waals surface area contributed by atoms with Crippen molar-refractivity contribution in [3.05, 3.63) is 21.9 Å². The molecule has 1 aromatic rings. The minimum atomic E-state index is -0.217. The third-order valence-electron chi connectivity index (χ3n) is 5.04. The molecule has 3 aliphatic rings. The quantitative estimate of drug-likeness (QED) is 0.767. The van der Waals surface area contributed by atoms with Crippen molar-refractivity contribution in [2.24, 2.45) is 5.92 Å². The zero-order chi connectivity index (χ0) is 18.8. The molecule has 7 nitrogen and oxygen atoms in total. The zero-order valence-corrected chi connectivity index (χ0v) is 16.3. The molecule has 26 heavy (non-hydrogen) atoms. The molecular weight excluding hydrogens is 354 g/mol. The van der Waals surface area contributed by atoms with E-state index >= 15 is 0 Å². The van der Waals surface area contributed by atoms with Gasteiger partial charge in [-0.3, -0.25) is 14.4 Å². The molecule has 2 atom stereocenters. The first-order valence-electron chi connectivity index (χ1n) is 8.78. The van der Waals surface area contributed by atoms with Crippen LogP contribution in [0.2, 0.25) is 0 Å². The Morgan fingerprint density at radius 3 is 2.73 bits per heavy atom. The van der Waals surface area contributed by atoms with E-state index < -0.39 is 0 Å². The molecule has 3 saturated heterocycles. The molecule has 8 heteroatoms. The number of carbonyl (C=O) groups is 3. The number of rotatable bonds is 5. The number of hydrogen-bond acceptors (Lipinski definition) is 5. The van der Waals surface area contributed by atoms with Gasteiger partial charge in [0.05, 0.1) is 17.4 Å². The van der Waals surface area contributed by atoms with Crippen molar-refractivity contribution in [1.29, 1.82) is 0 Å². The van der Waals surface area contributed by atoms with Crippen LogP contribution in [-0.2, 0) is 20.9 Å². The summed E-state index contributed by atoms with van der Waals surface area (Å²) in [6.07, 6.45) is 1.61. The summed E-state index contributed by atoms with van der Waals surface area (Å²) in [4.78, 5) is 44.4. The number of amides is 3. The molecule has 3 amide bonds. The molecule has 3 aliphatic heterocycles. The van der Waals surface area contributed by atoms with E-state index in [-0.39, 0.29) is 36.2 Å². The molecule has 4 rings (SSSR count). The SMILES string of the molecule is COCc1ccc(C(=O)N2C[C@H]3CC[C@@H](C2)N(CC(=O)N(C)C)C3=O)s1. The Morgan fingerprint density at radius 1 is 1.27 bits per heavy atom. The topological polar surface area (TPSA) is 70.2 Å². The van der Waals surface area contributed by atoms with Crippen LogP contribution < -0.4 is 0 Å². The summed E-state index contributed by atoms with van der Waals surface area (Å²) in [7, 11) is 5.00. The van der Waals surface area contributed by atoms with Gasteiger partial charge in [-0.05, 0) is 25.0 Å². The maximum Gasteiger partial charge on any atom is 0.264 e. The lowest BCUT2D eigenvalue weighted by molar-refractivity contribution is -0.145. The Kier molecular flexibility index (Phi) is 5.62. The molecule has 1 aromatic heterocycles. The molecule has 3 fully saturated rings. The lowest BCUT2D eigenvalue weighted by Gasteiger charge is -2.35. The van der Waals surface area contributed by atoms with Gasteiger partial charge < -0.3 is 19.4 Å². The predicted octanol–water partition coefficient (Wildman–Crippen LogP) is 1.05. The molecule has 0 radical (unpaired) electrons. The van der Waals surface area contributed by atoms with Crippen LogP contribution in [0.1, 0.15) is 27.4 Å². The van der Waals surface area contributed by atoms with Gasteiger partial charge in [0.15, 0.2) is 0 Å². The van der Waals surface area contributed by atoms with Crippen LogP contribution in [0, 0.1) is 5.92 Å². The molecule has 2 bridgehead atoms. The van der Waals surface area contributed by atoms with E-state index in [1.165, 1.54) is 16.2 Å². The second-order valence-electron chi connectivity index (χ2n) is 7.09. The van der Waals surface area contributed by atoms with Crippen LogP contribution in [0.3, 0.4) is 0 Å². The molecule has 0 aromatic carbocycles. The van der Waals surface area contributed by atoms with Crippen molar-refractivity contribution in [3.8, 4) is 0 Å². The first kappa shape index (κ1) is 18.8. The lowest BCUT2D eigenvalue weighted by Crippen LogP contribution is -2.51. The number of ether oxygens (including phenoxy) is 1. The fourth-order valence-corrected chi connectivity index (χ4v) is 4.52. The summed E-state index contributed by atoms with van der Waals surface area (Å²) >= 11 is 1.43. The van der Waals surface area contributed by atoms with E-state index in [2.05, 4.69) is 0 Å². The van der Waals surface area contributed by atoms with Crippen LogP contribution in [0.5, 0.6) is 0 Å². The Bertz CT molecular complexity index is 702. The van der Waals surface area contributed by atoms with E-state index in [4.69, 9.17) is 4.74 Å². The highest BCUT2D eigenvalue weighted by atomic mass is 32.1. The molecule has 0 N–H and O–H groups in total. The predicted molar refractivity (Wildman–Crippen MR) is 97.9 cm³/mol. The van der Waals surface area contributed by atoms with Gasteiger partial charge in [0, 0.05) is 45.2 Å². The molecular formula is C18H25N3O4S. The molecule has 0 unspecified atom stereocenters. The first-order valence-corrected chi connectivity index (χ1v) is 9.60. The second-order valence-corrected chi connectivity index (χ2v) is 8.26. The Morgan fingerprint density at radius 2 is 2.04 bits per heavy atom. The summed E-state index contributed by atoms with van der Waals surface area (Å²) < 4.78 is 5.11. The third-order valence-corrected chi connectivity index (χ3v) is 6.09. The Labute approximate surface area is 157 Å². The average molecular weight is 379 g/mol. The van der Waals surface area contributed by atoms with Gasteiger partial charge in [-0.25, -0.2) is 0 Å². The highest BCUT2D eigenvalue weighted by Crippen LogP contribution is 2.30. The molecule has 0 aliphatic carbocycles. The largest absolute Gasteiger partial charge is 0.379 e. The van der Waals surface area contributed by atoms with E-state index in [1.807, 2.05) is 12.1 Å². The fraction of sp³-hybridized carbons (Fsp3) is 0.611. The highest BCUT2D eigenvalue weighted by Gasteiger charge is 2.42. The number of nitrogens with zero attached hydrogens (tertiary/aromatic N) is 3. The maximum absolute atomic E-state index is 12.9. The number of thiophene rings is 1. The van der Waals surface area contributed by atoms with Gasteiger partial charge in [0.1, 0.15) is 6.54 Å². The smallest absolute Gasteiger partial charge is 0.264 e. The van der Waals surface area contributed by atoms with E-state index in [0.717, 1.165) is 17.7 Å². The molecule has 4 heterocycles. The van der Waals surface area contributed by atoms with E-state index in [1.54, 1.807) is 31.0 Å². The highest BCUT2D eigenvalue weighted by molar-refractivity contribution is 7.14. The number of piperidine rings is 1. The molecule has 0 spiro atoms. The van der Waals surface area contributed by atoms with E-state index in [9.17, 15) is 14.4 Å². The lowest BCUT2D eigenvalue weighted by atomic mass is 9.94. The Balaban J connectivity index is 1.75. The number of fused-ring (bicyclic) bond motifs is 4. The normalized spacial score (nSPS) is 22.5. The number of methoxy groups -OCH3 is 1. The fourth-order valence-electron chi connectivity index (χ4n) is 3.57. The maximum atomic E-state index is 12.9. The number of hydrogen-bond donors (Lipinski definition) is 0. The minimum Gasteiger partial charge on any atom is -0.379 e. The van der Waals surface area contributed by atoms with Gasteiger partial charge in [-0.2, -0.15) is 0 Å². The monoisotopic (exact) mass is 379 g/mol. The van der Waals surface area contributed by atoms with Gasteiger partial charge >= 0.3 is 0 Å². The minimum absolute atomic E-state index is 0.00185. The average Bonchev–Trinajstić information content (AvgIpc) is 2.90. The first-order chi connectivity index (χ1) is 12.4. The van der Waals surface area contributed by atoms with Crippen LogP contribution in [-0.4, -0.2) is 79.3 Å². The molecule has 0 saturated carbocycles. The summed E-state index contributed by atoms with van der Waals surface area (Å²) in [5.74, 6) is -0.349.